The molecule has 0 heterocycles. The van der Waals surface area contributed by atoms with E-state index in [4.69, 9.17) is 11.6 Å². The lowest BCUT2D eigenvalue weighted by Gasteiger charge is -2.07. The topological polar surface area (TPSA) is 37.4 Å². The summed E-state index contributed by atoms with van der Waals surface area (Å²) in [7, 11) is 3.20. The van der Waals surface area contributed by atoms with Gasteiger partial charge in [0.05, 0.1) is 12.3 Å². The first kappa shape index (κ1) is 9.43. The van der Waals surface area contributed by atoms with E-state index in [1.165, 1.54) is 4.90 Å². The van der Waals surface area contributed by atoms with Crippen molar-refractivity contribution in [1.82, 2.24) is 4.90 Å². The second-order valence-corrected chi connectivity index (χ2v) is 2.40. The fourth-order valence-corrected chi connectivity index (χ4v) is 0.469. The Balaban J connectivity index is 3.69. The molecular weight excluding hydrogens is 154 g/mol. The molecule has 0 aromatic carbocycles. The molecule has 0 aliphatic heterocycles. The van der Waals surface area contributed by atoms with Crippen LogP contribution in [0.5, 0.6) is 0 Å². The molecule has 0 spiro atoms. The minimum absolute atomic E-state index is 0.0837. The standard InChI is InChI=1S/C6H10ClNO2/c1-8(2)6(10)3-5(9)4-7/h3-4H2,1-2H3. The number of hydrogen-bond donors (Lipinski definition) is 0. The van der Waals surface area contributed by atoms with Gasteiger partial charge in [-0.2, -0.15) is 0 Å². The SMILES string of the molecule is CN(C)C(=O)CC(=O)CCl. The van der Waals surface area contributed by atoms with Gasteiger partial charge in [-0.1, -0.05) is 0 Å². The van der Waals surface area contributed by atoms with Crippen LogP contribution in [0.1, 0.15) is 6.42 Å². The zero-order chi connectivity index (χ0) is 8.15. The van der Waals surface area contributed by atoms with Gasteiger partial charge in [0.25, 0.3) is 0 Å². The van der Waals surface area contributed by atoms with Crippen LogP contribution in [0, 0.1) is 0 Å². The second-order valence-electron chi connectivity index (χ2n) is 2.14. The molecule has 0 N–H and O–H groups in total. The van der Waals surface area contributed by atoms with E-state index in [0.717, 1.165) is 0 Å². The highest BCUT2D eigenvalue weighted by molar-refractivity contribution is 6.29. The summed E-state index contributed by atoms with van der Waals surface area (Å²) in [6.07, 6.45) is -0.0868. The molecule has 1 amide bonds. The molecule has 0 saturated carbocycles. The zero-order valence-electron chi connectivity index (χ0n) is 6.06. The first-order chi connectivity index (χ1) is 4.57. The van der Waals surface area contributed by atoms with Crippen molar-refractivity contribution in [2.45, 2.75) is 6.42 Å². The fourth-order valence-electron chi connectivity index (χ4n) is 0.374. The van der Waals surface area contributed by atoms with Gasteiger partial charge in [0.2, 0.25) is 5.91 Å². The Morgan fingerprint density at radius 1 is 1.40 bits per heavy atom. The fraction of sp³-hybridized carbons (Fsp3) is 0.667. The summed E-state index contributed by atoms with van der Waals surface area (Å²) in [5.74, 6) is -0.523. The largest absolute Gasteiger partial charge is 0.348 e. The maximum Gasteiger partial charge on any atom is 0.229 e. The van der Waals surface area contributed by atoms with Crippen molar-refractivity contribution in [1.29, 1.82) is 0 Å². The normalized spacial score (nSPS) is 9.10. The van der Waals surface area contributed by atoms with Crippen LogP contribution in [0.2, 0.25) is 0 Å². The molecule has 0 aromatic rings. The van der Waals surface area contributed by atoms with Crippen LogP contribution in [0.3, 0.4) is 0 Å². The van der Waals surface area contributed by atoms with Gasteiger partial charge >= 0.3 is 0 Å². The van der Waals surface area contributed by atoms with Crippen LogP contribution in [-0.2, 0) is 9.59 Å². The minimum atomic E-state index is -0.236. The smallest absolute Gasteiger partial charge is 0.229 e. The molecule has 0 radical (unpaired) electrons. The zero-order valence-corrected chi connectivity index (χ0v) is 6.81. The summed E-state index contributed by atoms with van der Waals surface area (Å²) in [5, 5.41) is 0. The lowest BCUT2D eigenvalue weighted by atomic mass is 10.3. The summed E-state index contributed by atoms with van der Waals surface area (Å²) in [4.78, 5) is 22.7. The molecule has 58 valence electrons. The minimum Gasteiger partial charge on any atom is -0.348 e. The average Bonchev–Trinajstić information content (AvgIpc) is 1.87. The van der Waals surface area contributed by atoms with Gasteiger partial charge in [0.15, 0.2) is 5.78 Å². The van der Waals surface area contributed by atoms with Gasteiger partial charge in [-0.3, -0.25) is 9.59 Å². The predicted octanol–water partition coefficient (Wildman–Crippen LogP) is 0.273. The van der Waals surface area contributed by atoms with Gasteiger partial charge in [-0.05, 0) is 0 Å². The van der Waals surface area contributed by atoms with Crippen LogP contribution in [0.25, 0.3) is 0 Å². The molecule has 0 unspecified atom stereocenters. The summed E-state index contributed by atoms with van der Waals surface area (Å²) in [6, 6.07) is 0. The lowest BCUT2D eigenvalue weighted by Crippen LogP contribution is -2.24. The predicted molar refractivity (Wildman–Crippen MR) is 39.0 cm³/mol. The van der Waals surface area contributed by atoms with Crippen LogP contribution >= 0.6 is 11.6 Å². The van der Waals surface area contributed by atoms with E-state index in [2.05, 4.69) is 0 Å². The first-order valence-electron chi connectivity index (χ1n) is 2.85. The van der Waals surface area contributed by atoms with Gasteiger partial charge < -0.3 is 4.90 Å². The molecule has 0 bridgehead atoms. The first-order valence-corrected chi connectivity index (χ1v) is 3.39. The molecule has 0 saturated heterocycles. The van der Waals surface area contributed by atoms with E-state index in [-0.39, 0.29) is 24.0 Å². The number of alkyl halides is 1. The number of carbonyl (C=O) groups excluding carboxylic acids is 2. The maximum atomic E-state index is 10.8. The number of ketones is 1. The molecule has 3 nitrogen and oxygen atoms in total. The van der Waals surface area contributed by atoms with Crippen LogP contribution in [0.15, 0.2) is 0 Å². The van der Waals surface area contributed by atoms with E-state index in [1.54, 1.807) is 14.1 Å². The Bertz CT molecular complexity index is 145. The second kappa shape index (κ2) is 4.28. The van der Waals surface area contributed by atoms with Crippen molar-refractivity contribution in [2.75, 3.05) is 20.0 Å². The third kappa shape index (κ3) is 3.45. The van der Waals surface area contributed by atoms with Gasteiger partial charge in [0, 0.05) is 14.1 Å². The van der Waals surface area contributed by atoms with E-state index in [1.807, 2.05) is 0 Å². The lowest BCUT2D eigenvalue weighted by molar-refractivity contribution is -0.132. The Kier molecular flexibility index (Phi) is 4.03. The molecule has 10 heavy (non-hydrogen) atoms. The van der Waals surface area contributed by atoms with E-state index >= 15 is 0 Å². The molecule has 4 heteroatoms. The molecule has 0 atom stereocenters. The van der Waals surface area contributed by atoms with E-state index < -0.39 is 0 Å². The van der Waals surface area contributed by atoms with Gasteiger partial charge in [-0.25, -0.2) is 0 Å². The van der Waals surface area contributed by atoms with Crippen molar-refractivity contribution in [3.8, 4) is 0 Å². The number of amides is 1. The number of Topliss-reactive ketones (excluding diaryl/α,β-unsaturated/α-hetero) is 1. The van der Waals surface area contributed by atoms with Crippen LogP contribution in [0.4, 0.5) is 0 Å². The highest BCUT2D eigenvalue weighted by atomic mass is 35.5. The number of hydrogen-bond acceptors (Lipinski definition) is 2. The third-order valence-corrected chi connectivity index (χ3v) is 1.29. The number of carbonyl (C=O) groups is 2. The van der Waals surface area contributed by atoms with Gasteiger partial charge in [0.1, 0.15) is 0 Å². The third-order valence-electron chi connectivity index (χ3n) is 0.996. The quantitative estimate of drug-likeness (QED) is 0.443. The molecule has 0 aliphatic rings. The molecule has 0 fully saturated rings. The highest BCUT2D eigenvalue weighted by Crippen LogP contribution is 1.90. The van der Waals surface area contributed by atoms with Gasteiger partial charge in [-0.15, -0.1) is 11.6 Å². The summed E-state index contributed by atoms with van der Waals surface area (Å²) < 4.78 is 0. The number of halogens is 1. The Morgan fingerprint density at radius 2 is 1.90 bits per heavy atom. The summed E-state index contributed by atoms with van der Waals surface area (Å²) in [6.45, 7) is 0. The Hall–Kier alpha value is -0.570. The Morgan fingerprint density at radius 3 is 2.20 bits per heavy atom. The highest BCUT2D eigenvalue weighted by Gasteiger charge is 2.08. The molecular formula is C6H10ClNO2. The summed E-state index contributed by atoms with van der Waals surface area (Å²) >= 11 is 5.18. The number of nitrogens with zero attached hydrogens (tertiary/aromatic N) is 1. The van der Waals surface area contributed by atoms with E-state index in [0.29, 0.717) is 0 Å². The molecule has 0 aromatic heterocycles. The Labute approximate surface area is 65.0 Å². The average molecular weight is 164 g/mol. The maximum absolute atomic E-state index is 10.8. The van der Waals surface area contributed by atoms with Crippen molar-refractivity contribution < 1.29 is 9.59 Å². The summed E-state index contributed by atoms with van der Waals surface area (Å²) in [5.41, 5.74) is 0. The van der Waals surface area contributed by atoms with Crippen LogP contribution < -0.4 is 0 Å². The number of rotatable bonds is 3. The van der Waals surface area contributed by atoms with Crippen molar-refractivity contribution in [3.63, 3.8) is 0 Å². The molecule has 0 aliphatic carbocycles. The van der Waals surface area contributed by atoms with Crippen molar-refractivity contribution >= 4 is 23.3 Å². The van der Waals surface area contributed by atoms with E-state index in [9.17, 15) is 9.59 Å². The molecule has 0 rings (SSSR count). The van der Waals surface area contributed by atoms with Crippen molar-refractivity contribution in [3.05, 3.63) is 0 Å². The monoisotopic (exact) mass is 163 g/mol. The van der Waals surface area contributed by atoms with Crippen LogP contribution in [-0.4, -0.2) is 36.6 Å². The van der Waals surface area contributed by atoms with Crippen molar-refractivity contribution in [2.24, 2.45) is 0 Å².